The highest BCUT2D eigenvalue weighted by atomic mass is 35.5. The summed E-state index contributed by atoms with van der Waals surface area (Å²) >= 11 is 12.9. The first-order chi connectivity index (χ1) is 8.97. The van der Waals surface area contributed by atoms with Gasteiger partial charge in [0.2, 0.25) is 0 Å². The molecule has 0 aliphatic carbocycles. The molecule has 1 aromatic heterocycles. The van der Waals surface area contributed by atoms with Gasteiger partial charge in [0.05, 0.1) is 29.0 Å². The maximum atomic E-state index is 12.3. The van der Waals surface area contributed by atoms with E-state index in [1.807, 2.05) is 0 Å². The number of hydrogen-bond acceptors (Lipinski definition) is 4. The minimum Gasteiger partial charge on any atom is -0.481 e. The smallest absolute Gasteiger partial charge is 0.306 e. The lowest BCUT2D eigenvalue weighted by atomic mass is 10.2. The van der Waals surface area contributed by atoms with E-state index in [-0.39, 0.29) is 18.9 Å². The second kappa shape index (κ2) is 6.09. The van der Waals surface area contributed by atoms with E-state index in [4.69, 9.17) is 33.0 Å². The van der Waals surface area contributed by atoms with E-state index in [1.54, 1.807) is 4.90 Å². The Balaban J connectivity index is 2.07. The fraction of sp³-hybridized carbons (Fsp3) is 0.455. The fourth-order valence-electron chi connectivity index (χ4n) is 1.88. The number of morpholine rings is 1. The van der Waals surface area contributed by atoms with Crippen LogP contribution in [-0.4, -0.2) is 47.7 Å². The Morgan fingerprint density at radius 1 is 1.53 bits per heavy atom. The summed E-state index contributed by atoms with van der Waals surface area (Å²) in [6, 6.07) is 1.53. The third-order valence-electron chi connectivity index (χ3n) is 2.72. The van der Waals surface area contributed by atoms with Crippen LogP contribution in [-0.2, 0) is 9.53 Å². The number of rotatable bonds is 3. The number of halogens is 2. The van der Waals surface area contributed by atoms with Crippen molar-refractivity contribution >= 4 is 46.4 Å². The zero-order chi connectivity index (χ0) is 14.0. The number of nitrogens with zero attached hydrogens (tertiary/aromatic N) is 1. The Morgan fingerprint density at radius 3 is 2.84 bits per heavy atom. The summed E-state index contributed by atoms with van der Waals surface area (Å²) in [5.41, 5.74) is 0.354. The normalized spacial score (nSPS) is 19.5. The van der Waals surface area contributed by atoms with Gasteiger partial charge in [-0.25, -0.2) is 0 Å². The van der Waals surface area contributed by atoms with Gasteiger partial charge in [-0.1, -0.05) is 23.2 Å². The van der Waals surface area contributed by atoms with Crippen LogP contribution in [0, 0.1) is 0 Å². The molecule has 0 bridgehead atoms. The quantitative estimate of drug-likeness (QED) is 0.927. The molecule has 2 rings (SSSR count). The molecule has 0 unspecified atom stereocenters. The van der Waals surface area contributed by atoms with E-state index >= 15 is 0 Å². The van der Waals surface area contributed by atoms with Gasteiger partial charge in [0.1, 0.15) is 4.34 Å². The molecule has 0 radical (unpaired) electrons. The second-order valence-electron chi connectivity index (χ2n) is 4.08. The molecular weight excluding hydrogens is 313 g/mol. The summed E-state index contributed by atoms with van der Waals surface area (Å²) in [7, 11) is 0. The molecule has 19 heavy (non-hydrogen) atoms. The van der Waals surface area contributed by atoms with E-state index in [9.17, 15) is 9.59 Å². The summed E-state index contributed by atoms with van der Waals surface area (Å²) < 4.78 is 6.10. The van der Waals surface area contributed by atoms with E-state index in [2.05, 4.69) is 0 Å². The summed E-state index contributed by atoms with van der Waals surface area (Å²) in [5.74, 6) is -1.19. The van der Waals surface area contributed by atoms with Crippen LogP contribution in [0.4, 0.5) is 0 Å². The van der Waals surface area contributed by atoms with E-state index in [0.717, 1.165) is 11.3 Å². The minimum absolute atomic E-state index is 0.123. The molecule has 1 aliphatic rings. The topological polar surface area (TPSA) is 66.8 Å². The van der Waals surface area contributed by atoms with Gasteiger partial charge < -0.3 is 14.7 Å². The molecule has 1 amide bonds. The number of aliphatic carboxylic acids is 1. The average molecular weight is 324 g/mol. The highest BCUT2D eigenvalue weighted by Gasteiger charge is 2.28. The Labute approximate surface area is 123 Å². The van der Waals surface area contributed by atoms with Gasteiger partial charge in [0.25, 0.3) is 5.91 Å². The number of amides is 1. The first kappa shape index (κ1) is 14.6. The maximum Gasteiger partial charge on any atom is 0.306 e. The molecule has 104 valence electrons. The SMILES string of the molecule is O=C(O)C[C@H]1CN(C(=O)c2cc(Cl)sc2Cl)CCO1. The minimum atomic E-state index is -0.948. The lowest BCUT2D eigenvalue weighted by Crippen LogP contribution is -2.46. The third-order valence-corrected chi connectivity index (χ3v) is 4.20. The van der Waals surface area contributed by atoms with Crippen molar-refractivity contribution in [1.82, 2.24) is 4.90 Å². The van der Waals surface area contributed by atoms with Gasteiger partial charge in [-0.2, -0.15) is 0 Å². The average Bonchev–Trinajstić information content (AvgIpc) is 2.67. The molecule has 1 atom stereocenters. The number of hydrogen-bond donors (Lipinski definition) is 1. The van der Waals surface area contributed by atoms with Gasteiger partial charge in [-0.3, -0.25) is 9.59 Å². The van der Waals surface area contributed by atoms with Crippen molar-refractivity contribution in [3.8, 4) is 0 Å². The zero-order valence-electron chi connectivity index (χ0n) is 9.77. The van der Waals surface area contributed by atoms with Gasteiger partial charge >= 0.3 is 5.97 Å². The largest absolute Gasteiger partial charge is 0.481 e. The van der Waals surface area contributed by atoms with Crippen LogP contribution in [0.2, 0.25) is 8.67 Å². The predicted octanol–water partition coefficient (Wildman–Crippen LogP) is 2.37. The van der Waals surface area contributed by atoms with Gasteiger partial charge in [0, 0.05) is 13.1 Å². The molecule has 1 saturated heterocycles. The fourth-order valence-corrected chi connectivity index (χ4v) is 3.33. The molecule has 2 heterocycles. The van der Waals surface area contributed by atoms with E-state index in [1.165, 1.54) is 6.07 Å². The number of thiophene rings is 1. The summed E-state index contributed by atoms with van der Waals surface area (Å²) in [6.07, 6.45) is -0.606. The highest BCUT2D eigenvalue weighted by Crippen LogP contribution is 2.32. The molecule has 1 aromatic rings. The zero-order valence-corrected chi connectivity index (χ0v) is 12.1. The first-order valence-electron chi connectivity index (χ1n) is 5.55. The Kier molecular flexibility index (Phi) is 4.67. The molecule has 8 heteroatoms. The van der Waals surface area contributed by atoms with Crippen LogP contribution in [0.5, 0.6) is 0 Å². The molecule has 0 saturated carbocycles. The lowest BCUT2D eigenvalue weighted by molar-refractivity contribution is -0.141. The second-order valence-corrected chi connectivity index (χ2v) is 6.37. The number of carboxylic acid groups (broad SMARTS) is 1. The van der Waals surface area contributed by atoms with Crippen LogP contribution in [0.1, 0.15) is 16.8 Å². The van der Waals surface area contributed by atoms with Crippen molar-refractivity contribution in [2.75, 3.05) is 19.7 Å². The monoisotopic (exact) mass is 323 g/mol. The standard InChI is InChI=1S/C11H11Cl2NO4S/c12-8-4-7(10(13)19-8)11(17)14-1-2-18-6(5-14)3-9(15)16/h4,6H,1-3,5H2,(H,15,16)/t6-/m0/s1. The molecular formula is C11H11Cl2NO4S. The van der Waals surface area contributed by atoms with Gasteiger partial charge in [-0.05, 0) is 6.07 Å². The van der Waals surface area contributed by atoms with Crippen molar-refractivity contribution in [1.29, 1.82) is 0 Å². The number of carbonyl (C=O) groups is 2. The molecule has 5 nitrogen and oxygen atoms in total. The summed E-state index contributed by atoms with van der Waals surface area (Å²) in [4.78, 5) is 24.4. The van der Waals surface area contributed by atoms with E-state index < -0.39 is 12.1 Å². The van der Waals surface area contributed by atoms with Crippen LogP contribution in [0.3, 0.4) is 0 Å². The molecule has 1 aliphatic heterocycles. The number of carbonyl (C=O) groups excluding carboxylic acids is 1. The van der Waals surface area contributed by atoms with Crippen molar-refractivity contribution in [3.05, 3.63) is 20.3 Å². The summed E-state index contributed by atoms with van der Waals surface area (Å²) in [6.45, 7) is 0.979. The van der Waals surface area contributed by atoms with E-state index in [0.29, 0.717) is 27.4 Å². The van der Waals surface area contributed by atoms with Crippen molar-refractivity contribution in [3.63, 3.8) is 0 Å². The first-order valence-corrected chi connectivity index (χ1v) is 7.12. The Hall–Kier alpha value is -0.820. The molecule has 1 fully saturated rings. The maximum absolute atomic E-state index is 12.3. The summed E-state index contributed by atoms with van der Waals surface area (Å²) in [5, 5.41) is 8.73. The van der Waals surface area contributed by atoms with Gasteiger partial charge in [-0.15, -0.1) is 11.3 Å². The van der Waals surface area contributed by atoms with Crippen molar-refractivity contribution in [2.45, 2.75) is 12.5 Å². The van der Waals surface area contributed by atoms with Crippen LogP contribution in [0.15, 0.2) is 6.07 Å². The van der Waals surface area contributed by atoms with Crippen molar-refractivity contribution < 1.29 is 19.4 Å². The van der Waals surface area contributed by atoms with Crippen LogP contribution in [0.25, 0.3) is 0 Å². The van der Waals surface area contributed by atoms with Gasteiger partial charge in [0.15, 0.2) is 0 Å². The number of carboxylic acids is 1. The van der Waals surface area contributed by atoms with Crippen molar-refractivity contribution in [2.24, 2.45) is 0 Å². The highest BCUT2D eigenvalue weighted by molar-refractivity contribution is 7.20. The molecule has 0 spiro atoms. The van der Waals surface area contributed by atoms with Crippen LogP contribution >= 0.6 is 34.5 Å². The lowest BCUT2D eigenvalue weighted by Gasteiger charge is -2.32. The number of ether oxygens (including phenoxy) is 1. The molecule has 1 N–H and O–H groups in total. The molecule has 0 aromatic carbocycles. The van der Waals surface area contributed by atoms with Crippen LogP contribution < -0.4 is 0 Å². The third kappa shape index (κ3) is 3.60. The Bertz CT molecular complexity index is 505. The Morgan fingerprint density at radius 2 is 2.26 bits per heavy atom. The predicted molar refractivity (Wildman–Crippen MR) is 72.2 cm³/mol.